The molecule has 4 N–H and O–H groups in total. The van der Waals surface area contributed by atoms with Gasteiger partial charge in [0.2, 0.25) is 17.7 Å². The number of hydrogen-bond acceptors (Lipinski definition) is 11. The number of aliphatic hydroxyl groups excluding tert-OH is 1. The van der Waals surface area contributed by atoms with E-state index in [0.29, 0.717) is 50.7 Å². The number of hydrogen-bond donors (Lipinski definition) is 4. The number of nitrogens with one attached hydrogen (secondary N) is 3. The van der Waals surface area contributed by atoms with Gasteiger partial charge >= 0.3 is 0 Å². The predicted octanol–water partition coefficient (Wildman–Crippen LogP) is -1.04. The molecule has 1 aliphatic rings. The fourth-order valence-electron chi connectivity index (χ4n) is 3.27. The molecular formula is C26H44N4O10S. The first-order valence-corrected chi connectivity index (χ1v) is 14.8. The van der Waals surface area contributed by atoms with Gasteiger partial charge in [-0.3, -0.25) is 28.9 Å². The van der Waals surface area contributed by atoms with E-state index in [1.807, 2.05) is 6.92 Å². The highest BCUT2D eigenvalue weighted by Crippen LogP contribution is 2.11. The minimum atomic E-state index is -0.440. The number of carbonyl (C=O) groups is 5. The Bertz CT molecular complexity index is 823. The molecule has 0 saturated carbocycles. The average Bonchev–Trinajstić information content (AvgIpc) is 3.29. The molecule has 0 saturated heterocycles. The number of nitrogens with zero attached hydrogens (tertiary/aromatic N) is 1. The summed E-state index contributed by atoms with van der Waals surface area (Å²) in [5.74, 6) is -0.279. The molecule has 0 radical (unpaired) electrons. The van der Waals surface area contributed by atoms with Crippen LogP contribution < -0.4 is 16.0 Å². The van der Waals surface area contributed by atoms with Crippen LogP contribution >= 0.6 is 11.8 Å². The molecule has 2 unspecified atom stereocenters. The van der Waals surface area contributed by atoms with Crippen LogP contribution in [0.15, 0.2) is 12.2 Å². The highest BCUT2D eigenvalue weighted by molar-refractivity contribution is 7.99. The number of rotatable bonds is 25. The van der Waals surface area contributed by atoms with E-state index in [1.165, 1.54) is 23.9 Å². The van der Waals surface area contributed by atoms with Gasteiger partial charge in [0.1, 0.15) is 0 Å². The van der Waals surface area contributed by atoms with Crippen molar-refractivity contribution in [2.24, 2.45) is 0 Å². The minimum Gasteiger partial charge on any atom is -0.394 e. The number of thioether (sulfide) groups is 1. The van der Waals surface area contributed by atoms with Gasteiger partial charge < -0.3 is 40.0 Å². The predicted molar refractivity (Wildman–Crippen MR) is 151 cm³/mol. The average molecular weight is 605 g/mol. The van der Waals surface area contributed by atoms with Crippen molar-refractivity contribution in [3.05, 3.63) is 12.2 Å². The molecule has 14 nitrogen and oxygen atoms in total. The normalized spacial score (nSPS) is 14.3. The van der Waals surface area contributed by atoms with E-state index in [4.69, 9.17) is 18.9 Å². The number of amides is 5. The molecule has 0 fully saturated rings. The van der Waals surface area contributed by atoms with Crippen molar-refractivity contribution in [2.45, 2.75) is 45.0 Å². The summed E-state index contributed by atoms with van der Waals surface area (Å²) in [5, 5.41) is 17.3. The summed E-state index contributed by atoms with van der Waals surface area (Å²) >= 11 is 1.52. The molecule has 5 amide bonds. The van der Waals surface area contributed by atoms with Crippen LogP contribution in [0.5, 0.6) is 0 Å². The first kappa shape index (κ1) is 36.5. The van der Waals surface area contributed by atoms with Crippen LogP contribution in [0.2, 0.25) is 0 Å². The summed E-state index contributed by atoms with van der Waals surface area (Å²) in [6.07, 6.45) is 2.86. The summed E-state index contributed by atoms with van der Waals surface area (Å²) < 4.78 is 21.6. The lowest BCUT2D eigenvalue weighted by Gasteiger charge is -2.21. The third-order valence-electron chi connectivity index (χ3n) is 5.64. The van der Waals surface area contributed by atoms with Crippen molar-refractivity contribution < 1.29 is 48.0 Å². The van der Waals surface area contributed by atoms with Crippen molar-refractivity contribution in [2.75, 3.05) is 77.8 Å². The van der Waals surface area contributed by atoms with E-state index in [0.717, 1.165) is 4.90 Å². The summed E-state index contributed by atoms with van der Waals surface area (Å²) in [7, 11) is 1.54. The fourth-order valence-corrected chi connectivity index (χ4v) is 4.18. The van der Waals surface area contributed by atoms with E-state index < -0.39 is 18.1 Å². The number of imide groups is 1. The van der Waals surface area contributed by atoms with Crippen molar-refractivity contribution in [1.82, 2.24) is 20.9 Å². The molecule has 0 aromatic carbocycles. The van der Waals surface area contributed by atoms with Crippen molar-refractivity contribution in [3.63, 3.8) is 0 Å². The molecular weight excluding hydrogens is 560 g/mol. The summed E-state index contributed by atoms with van der Waals surface area (Å²) in [6, 6.07) is 0. The number of ether oxygens (including phenoxy) is 4. The minimum absolute atomic E-state index is 0.0224. The van der Waals surface area contributed by atoms with Gasteiger partial charge in [-0.25, -0.2) is 0 Å². The molecule has 0 bridgehead atoms. The van der Waals surface area contributed by atoms with Gasteiger partial charge in [-0.05, 0) is 6.42 Å². The van der Waals surface area contributed by atoms with Crippen molar-refractivity contribution in [1.29, 1.82) is 0 Å². The Morgan fingerprint density at radius 2 is 1.46 bits per heavy atom. The molecule has 0 aromatic heterocycles. The van der Waals surface area contributed by atoms with Crippen LogP contribution in [0.3, 0.4) is 0 Å². The molecule has 41 heavy (non-hydrogen) atoms. The van der Waals surface area contributed by atoms with Crippen LogP contribution in [0.1, 0.15) is 32.6 Å². The molecule has 1 heterocycles. The Morgan fingerprint density at radius 3 is 2.07 bits per heavy atom. The molecule has 234 valence electrons. The Kier molecular flexibility index (Phi) is 20.5. The maximum absolute atomic E-state index is 11.9. The zero-order valence-corrected chi connectivity index (χ0v) is 24.7. The lowest BCUT2D eigenvalue weighted by atomic mass is 10.3. The Hall–Kier alpha value is -2.56. The fraction of sp³-hybridized carbons (Fsp3) is 0.731. The molecule has 0 aliphatic carbocycles. The molecule has 0 spiro atoms. The van der Waals surface area contributed by atoms with E-state index in [2.05, 4.69) is 16.0 Å². The quantitative estimate of drug-likeness (QED) is 0.0567. The first-order chi connectivity index (χ1) is 19.8. The second kappa shape index (κ2) is 23.1. The van der Waals surface area contributed by atoms with Gasteiger partial charge in [-0.2, -0.15) is 11.8 Å². The summed E-state index contributed by atoms with van der Waals surface area (Å²) in [4.78, 5) is 59.4. The standard InChI is InChI=1S/C26H44N4O10S/c1-3-20(18-31)40-26(37-2)19-41-17-8-23(34)28-10-9-27-22(33)7-13-38-15-16-39-14-11-29-21(32)6-12-30-24(35)4-5-25(30)36/h4-5,20,26,31H,3,6-19H2,1-2H3,(H,27,33)(H,28,34)(H,29,32). The third-order valence-corrected chi connectivity index (χ3v) is 6.64. The largest absolute Gasteiger partial charge is 0.394 e. The van der Waals surface area contributed by atoms with Gasteiger partial charge in [0.15, 0.2) is 6.29 Å². The summed E-state index contributed by atoms with van der Waals surface area (Å²) in [6.45, 7) is 3.89. The molecule has 1 rings (SSSR count). The van der Waals surface area contributed by atoms with Crippen LogP contribution in [-0.2, 0) is 42.9 Å². The second-order valence-corrected chi connectivity index (χ2v) is 9.92. The second-order valence-electron chi connectivity index (χ2n) is 8.78. The van der Waals surface area contributed by atoms with Crippen molar-refractivity contribution in [3.8, 4) is 0 Å². The third kappa shape index (κ3) is 17.8. The lowest BCUT2D eigenvalue weighted by molar-refractivity contribution is -0.151. The maximum atomic E-state index is 11.9. The Morgan fingerprint density at radius 1 is 0.878 bits per heavy atom. The molecule has 15 heteroatoms. The zero-order valence-electron chi connectivity index (χ0n) is 23.9. The lowest BCUT2D eigenvalue weighted by Crippen LogP contribution is -2.35. The monoisotopic (exact) mass is 604 g/mol. The van der Waals surface area contributed by atoms with Gasteiger partial charge in [-0.1, -0.05) is 6.92 Å². The zero-order chi connectivity index (χ0) is 30.3. The molecule has 2 atom stereocenters. The summed E-state index contributed by atoms with van der Waals surface area (Å²) in [5.41, 5.74) is 0. The van der Waals surface area contributed by atoms with Crippen LogP contribution in [0.4, 0.5) is 0 Å². The van der Waals surface area contributed by atoms with E-state index in [9.17, 15) is 29.1 Å². The van der Waals surface area contributed by atoms with Crippen LogP contribution in [0, 0.1) is 0 Å². The number of carbonyl (C=O) groups excluding carboxylic acids is 5. The maximum Gasteiger partial charge on any atom is 0.253 e. The Balaban J connectivity index is 1.90. The Labute approximate surface area is 245 Å². The number of methoxy groups -OCH3 is 1. The highest BCUT2D eigenvalue weighted by atomic mass is 32.2. The number of aliphatic hydroxyl groups is 1. The van der Waals surface area contributed by atoms with E-state index in [1.54, 1.807) is 7.11 Å². The van der Waals surface area contributed by atoms with Crippen LogP contribution in [0.25, 0.3) is 0 Å². The smallest absolute Gasteiger partial charge is 0.253 e. The van der Waals surface area contributed by atoms with Gasteiger partial charge in [0, 0.05) is 76.2 Å². The first-order valence-electron chi connectivity index (χ1n) is 13.7. The SMILES string of the molecule is CCC(CO)OC(CSCCC(=O)NCCNC(=O)CCOCCOCCNC(=O)CCN1C(=O)C=CC1=O)OC. The van der Waals surface area contributed by atoms with E-state index >= 15 is 0 Å². The van der Waals surface area contributed by atoms with Gasteiger partial charge in [-0.15, -0.1) is 0 Å². The van der Waals surface area contributed by atoms with Gasteiger partial charge in [0.25, 0.3) is 11.8 Å². The van der Waals surface area contributed by atoms with Crippen molar-refractivity contribution >= 4 is 41.3 Å². The van der Waals surface area contributed by atoms with Gasteiger partial charge in [0.05, 0.1) is 39.1 Å². The molecule has 1 aliphatic heterocycles. The topological polar surface area (TPSA) is 182 Å². The highest BCUT2D eigenvalue weighted by Gasteiger charge is 2.23. The van der Waals surface area contributed by atoms with E-state index in [-0.39, 0.29) is 69.6 Å². The molecule has 0 aromatic rings. The van der Waals surface area contributed by atoms with Crippen LogP contribution in [-0.4, -0.2) is 130 Å².